The standard InChI is InChI=1S/C8H10N4O/c9-7(12-8(10)13)11-6-4-2-1-3-5-6/h1-5H,(H5,9,10,11,12,13). The van der Waals surface area contributed by atoms with Crippen molar-refractivity contribution in [3.8, 4) is 0 Å². The topological polar surface area (TPSA) is 91.0 Å². The highest BCUT2D eigenvalue weighted by Crippen LogP contribution is 2.03. The number of hydrogen-bond acceptors (Lipinski definition) is 2. The monoisotopic (exact) mass is 178 g/mol. The second-order valence-corrected chi connectivity index (χ2v) is 2.36. The molecular weight excluding hydrogens is 168 g/mol. The maximum atomic E-state index is 10.3. The molecule has 0 aliphatic heterocycles. The number of urea groups is 1. The van der Waals surface area contributed by atoms with Crippen LogP contribution in [0.3, 0.4) is 0 Å². The Hall–Kier alpha value is -2.04. The van der Waals surface area contributed by atoms with Gasteiger partial charge in [0.1, 0.15) is 0 Å². The van der Waals surface area contributed by atoms with Crippen molar-refractivity contribution in [3.63, 3.8) is 0 Å². The van der Waals surface area contributed by atoms with E-state index in [-0.39, 0.29) is 5.96 Å². The normalized spacial score (nSPS) is 8.92. The molecule has 5 heteroatoms. The molecule has 0 radical (unpaired) electrons. The summed E-state index contributed by atoms with van der Waals surface area (Å²) >= 11 is 0. The fourth-order valence-corrected chi connectivity index (χ4v) is 0.820. The molecule has 5 N–H and O–H groups in total. The van der Waals surface area contributed by atoms with E-state index in [9.17, 15) is 4.79 Å². The molecule has 0 bridgehead atoms. The minimum atomic E-state index is -0.756. The van der Waals surface area contributed by atoms with Gasteiger partial charge in [-0.05, 0) is 12.1 Å². The first-order valence-corrected chi connectivity index (χ1v) is 3.65. The largest absolute Gasteiger partial charge is 0.351 e. The van der Waals surface area contributed by atoms with Crippen LogP contribution < -0.4 is 16.4 Å². The Labute approximate surface area is 75.4 Å². The van der Waals surface area contributed by atoms with E-state index in [2.05, 4.69) is 10.6 Å². The number of nitrogens with two attached hydrogens (primary N) is 1. The number of para-hydroxylation sites is 1. The van der Waals surface area contributed by atoms with Gasteiger partial charge in [-0.1, -0.05) is 18.2 Å². The number of rotatable bonds is 1. The molecule has 1 rings (SSSR count). The molecule has 2 amide bonds. The third-order valence-corrected chi connectivity index (χ3v) is 1.29. The summed E-state index contributed by atoms with van der Waals surface area (Å²) in [6, 6.07) is 8.29. The number of carbonyl (C=O) groups excluding carboxylic acids is 1. The Morgan fingerprint density at radius 1 is 1.31 bits per heavy atom. The summed E-state index contributed by atoms with van der Waals surface area (Å²) in [4.78, 5) is 10.3. The molecule has 13 heavy (non-hydrogen) atoms. The van der Waals surface area contributed by atoms with Crippen LogP contribution in [0.15, 0.2) is 30.3 Å². The highest BCUT2D eigenvalue weighted by atomic mass is 16.2. The molecule has 0 aromatic heterocycles. The summed E-state index contributed by atoms with van der Waals surface area (Å²) in [5.41, 5.74) is 5.54. The number of amides is 2. The number of nitrogens with one attached hydrogen (secondary N) is 3. The Morgan fingerprint density at radius 2 is 1.92 bits per heavy atom. The van der Waals surface area contributed by atoms with Crippen molar-refractivity contribution in [2.24, 2.45) is 5.73 Å². The lowest BCUT2D eigenvalue weighted by atomic mass is 10.3. The van der Waals surface area contributed by atoms with Crippen molar-refractivity contribution in [3.05, 3.63) is 30.3 Å². The zero-order valence-electron chi connectivity index (χ0n) is 6.87. The van der Waals surface area contributed by atoms with Gasteiger partial charge in [-0.3, -0.25) is 10.7 Å². The van der Waals surface area contributed by atoms with E-state index in [1.807, 2.05) is 18.2 Å². The molecule has 0 atom stereocenters. The van der Waals surface area contributed by atoms with Crippen LogP contribution in [0, 0.1) is 5.41 Å². The Balaban J connectivity index is 2.50. The summed E-state index contributed by atoms with van der Waals surface area (Å²) in [5, 5.41) is 12.0. The van der Waals surface area contributed by atoms with Crippen molar-refractivity contribution in [2.45, 2.75) is 0 Å². The van der Waals surface area contributed by atoms with Crippen molar-refractivity contribution >= 4 is 17.7 Å². The van der Waals surface area contributed by atoms with Gasteiger partial charge in [0.2, 0.25) is 5.96 Å². The van der Waals surface area contributed by atoms with Crippen LogP contribution in [0.5, 0.6) is 0 Å². The highest BCUT2D eigenvalue weighted by Gasteiger charge is 1.98. The van der Waals surface area contributed by atoms with E-state index >= 15 is 0 Å². The summed E-state index contributed by atoms with van der Waals surface area (Å²) in [6.07, 6.45) is 0. The van der Waals surface area contributed by atoms with Crippen LogP contribution in [-0.4, -0.2) is 12.0 Å². The van der Waals surface area contributed by atoms with Gasteiger partial charge in [0.25, 0.3) is 0 Å². The van der Waals surface area contributed by atoms with Crippen LogP contribution in [0.1, 0.15) is 0 Å². The molecule has 0 fully saturated rings. The van der Waals surface area contributed by atoms with E-state index in [1.165, 1.54) is 0 Å². The maximum absolute atomic E-state index is 10.3. The number of anilines is 1. The van der Waals surface area contributed by atoms with Crippen LogP contribution >= 0.6 is 0 Å². The molecule has 0 heterocycles. The second-order valence-electron chi connectivity index (χ2n) is 2.36. The molecule has 0 saturated heterocycles. The predicted octanol–water partition coefficient (Wildman–Crippen LogP) is 0.702. The minimum absolute atomic E-state index is 0.140. The molecular formula is C8H10N4O. The lowest BCUT2D eigenvalue weighted by Crippen LogP contribution is -2.38. The smallest absolute Gasteiger partial charge is 0.318 e. The lowest BCUT2D eigenvalue weighted by molar-refractivity contribution is 0.253. The average Bonchev–Trinajstić information content (AvgIpc) is 2.04. The van der Waals surface area contributed by atoms with Crippen molar-refractivity contribution < 1.29 is 4.79 Å². The minimum Gasteiger partial charge on any atom is -0.351 e. The van der Waals surface area contributed by atoms with Crippen molar-refractivity contribution in [2.75, 3.05) is 5.32 Å². The zero-order valence-corrected chi connectivity index (χ0v) is 6.87. The summed E-state index contributed by atoms with van der Waals surface area (Å²) in [6.45, 7) is 0. The zero-order chi connectivity index (χ0) is 9.68. The Bertz CT molecular complexity index is 309. The van der Waals surface area contributed by atoms with E-state index in [0.29, 0.717) is 0 Å². The fourth-order valence-electron chi connectivity index (χ4n) is 0.820. The predicted molar refractivity (Wildman–Crippen MR) is 50.5 cm³/mol. The molecule has 0 saturated carbocycles. The average molecular weight is 178 g/mol. The van der Waals surface area contributed by atoms with Crippen molar-refractivity contribution in [1.29, 1.82) is 5.41 Å². The van der Waals surface area contributed by atoms with Gasteiger partial charge in [0.15, 0.2) is 0 Å². The third-order valence-electron chi connectivity index (χ3n) is 1.29. The van der Waals surface area contributed by atoms with Gasteiger partial charge >= 0.3 is 6.03 Å². The molecule has 5 nitrogen and oxygen atoms in total. The van der Waals surface area contributed by atoms with Gasteiger partial charge in [-0.25, -0.2) is 4.79 Å². The van der Waals surface area contributed by atoms with Gasteiger partial charge in [-0.15, -0.1) is 0 Å². The molecule has 0 aliphatic rings. The number of guanidine groups is 1. The van der Waals surface area contributed by atoms with Crippen LogP contribution in [0.4, 0.5) is 10.5 Å². The number of benzene rings is 1. The van der Waals surface area contributed by atoms with Crippen LogP contribution in [0.2, 0.25) is 0 Å². The SMILES string of the molecule is N=C(NC(N)=O)Nc1ccccc1. The Kier molecular flexibility index (Phi) is 2.86. The summed E-state index contributed by atoms with van der Waals surface area (Å²) in [7, 11) is 0. The van der Waals surface area contributed by atoms with Crippen molar-refractivity contribution in [1.82, 2.24) is 5.32 Å². The molecule has 0 spiro atoms. The molecule has 68 valence electrons. The van der Waals surface area contributed by atoms with Gasteiger partial charge in [0, 0.05) is 5.69 Å². The molecule has 0 unspecified atom stereocenters. The first-order valence-electron chi connectivity index (χ1n) is 3.65. The van der Waals surface area contributed by atoms with Gasteiger partial charge in [-0.2, -0.15) is 0 Å². The molecule has 0 aliphatic carbocycles. The fraction of sp³-hybridized carbons (Fsp3) is 0. The second kappa shape index (κ2) is 4.10. The van der Waals surface area contributed by atoms with Gasteiger partial charge < -0.3 is 11.1 Å². The van der Waals surface area contributed by atoms with E-state index in [4.69, 9.17) is 11.1 Å². The number of primary amides is 1. The molecule has 1 aromatic carbocycles. The maximum Gasteiger partial charge on any atom is 0.318 e. The van der Waals surface area contributed by atoms with E-state index in [0.717, 1.165) is 5.69 Å². The summed E-state index contributed by atoms with van der Waals surface area (Å²) < 4.78 is 0. The van der Waals surface area contributed by atoms with Crippen LogP contribution in [-0.2, 0) is 0 Å². The number of carbonyl (C=O) groups is 1. The Morgan fingerprint density at radius 3 is 2.46 bits per heavy atom. The van der Waals surface area contributed by atoms with E-state index < -0.39 is 6.03 Å². The first-order chi connectivity index (χ1) is 6.18. The van der Waals surface area contributed by atoms with Crippen LogP contribution in [0.25, 0.3) is 0 Å². The quantitative estimate of drug-likeness (QED) is 0.376. The highest BCUT2D eigenvalue weighted by molar-refractivity contribution is 6.01. The van der Waals surface area contributed by atoms with E-state index in [1.54, 1.807) is 12.1 Å². The first kappa shape index (κ1) is 9.05. The third kappa shape index (κ3) is 3.24. The lowest BCUT2D eigenvalue weighted by Gasteiger charge is -2.06. The molecule has 1 aromatic rings. The number of hydrogen-bond donors (Lipinski definition) is 4. The van der Waals surface area contributed by atoms with Gasteiger partial charge in [0.05, 0.1) is 0 Å². The summed E-state index contributed by atoms with van der Waals surface area (Å²) in [5.74, 6) is -0.140.